The van der Waals surface area contributed by atoms with Crippen molar-refractivity contribution in [2.24, 2.45) is 0 Å². The van der Waals surface area contributed by atoms with E-state index in [2.05, 4.69) is 22.6 Å². The maximum atomic E-state index is 11.7. The molecule has 2 heterocycles. The lowest BCUT2D eigenvalue weighted by Gasteiger charge is -2.19. The predicted octanol–water partition coefficient (Wildman–Crippen LogP) is 0.729. The first-order valence-electron chi connectivity index (χ1n) is 6.96. The average molecular weight is 239 g/mol. The number of likely N-dealkylation sites (N-methyl/N-ethyl adjacent to an activating group) is 1. The SMILES string of the molecule is CN1CCCC1CNC(=O)CCC1CCCN1. The summed E-state index contributed by atoms with van der Waals surface area (Å²) >= 11 is 0. The van der Waals surface area contributed by atoms with E-state index in [4.69, 9.17) is 0 Å². The Hall–Kier alpha value is -0.610. The van der Waals surface area contributed by atoms with Crippen LogP contribution in [0.25, 0.3) is 0 Å². The largest absolute Gasteiger partial charge is 0.355 e. The molecule has 0 spiro atoms. The zero-order valence-corrected chi connectivity index (χ0v) is 10.9. The van der Waals surface area contributed by atoms with Gasteiger partial charge in [0.1, 0.15) is 0 Å². The van der Waals surface area contributed by atoms with Gasteiger partial charge in [-0.3, -0.25) is 4.79 Å². The number of hydrogen-bond acceptors (Lipinski definition) is 3. The molecule has 2 N–H and O–H groups in total. The van der Waals surface area contributed by atoms with Gasteiger partial charge in [0.25, 0.3) is 0 Å². The number of carbonyl (C=O) groups is 1. The van der Waals surface area contributed by atoms with Gasteiger partial charge in [0.05, 0.1) is 0 Å². The van der Waals surface area contributed by atoms with Gasteiger partial charge in [-0.25, -0.2) is 0 Å². The quantitative estimate of drug-likeness (QED) is 0.743. The van der Waals surface area contributed by atoms with Crippen molar-refractivity contribution in [1.29, 1.82) is 0 Å². The maximum Gasteiger partial charge on any atom is 0.220 e. The molecule has 17 heavy (non-hydrogen) atoms. The normalized spacial score (nSPS) is 29.7. The molecule has 0 aliphatic carbocycles. The Bertz CT molecular complexity index is 251. The van der Waals surface area contributed by atoms with Crippen molar-refractivity contribution in [3.8, 4) is 0 Å². The van der Waals surface area contributed by atoms with Crippen LogP contribution in [0.2, 0.25) is 0 Å². The number of hydrogen-bond donors (Lipinski definition) is 2. The van der Waals surface area contributed by atoms with Crippen LogP contribution in [0.15, 0.2) is 0 Å². The number of rotatable bonds is 5. The number of carbonyl (C=O) groups excluding carboxylic acids is 1. The highest BCUT2D eigenvalue weighted by molar-refractivity contribution is 5.75. The molecule has 0 aromatic carbocycles. The summed E-state index contributed by atoms with van der Waals surface area (Å²) in [5, 5.41) is 6.50. The highest BCUT2D eigenvalue weighted by atomic mass is 16.1. The maximum absolute atomic E-state index is 11.7. The summed E-state index contributed by atoms with van der Waals surface area (Å²) in [7, 11) is 2.15. The Morgan fingerprint density at radius 3 is 2.94 bits per heavy atom. The van der Waals surface area contributed by atoms with E-state index in [1.165, 1.54) is 32.2 Å². The monoisotopic (exact) mass is 239 g/mol. The van der Waals surface area contributed by atoms with Crippen molar-refractivity contribution < 1.29 is 4.79 Å². The minimum Gasteiger partial charge on any atom is -0.355 e. The zero-order chi connectivity index (χ0) is 12.1. The number of amides is 1. The van der Waals surface area contributed by atoms with Crippen LogP contribution < -0.4 is 10.6 Å². The molecular formula is C13H25N3O. The van der Waals surface area contributed by atoms with Gasteiger partial charge in [0.15, 0.2) is 0 Å². The Kier molecular flexibility index (Phi) is 4.80. The fourth-order valence-corrected chi connectivity index (χ4v) is 2.87. The van der Waals surface area contributed by atoms with Gasteiger partial charge in [0.2, 0.25) is 5.91 Å². The van der Waals surface area contributed by atoms with Gasteiger partial charge in [-0.15, -0.1) is 0 Å². The van der Waals surface area contributed by atoms with E-state index in [1.54, 1.807) is 0 Å². The standard InChI is InChI=1S/C13H25N3O/c1-16-9-3-5-12(16)10-15-13(17)7-6-11-4-2-8-14-11/h11-12,14H,2-10H2,1H3,(H,15,17). The average Bonchev–Trinajstić information content (AvgIpc) is 2.95. The van der Waals surface area contributed by atoms with Gasteiger partial charge >= 0.3 is 0 Å². The second-order valence-electron chi connectivity index (χ2n) is 5.41. The van der Waals surface area contributed by atoms with Gasteiger partial charge in [-0.2, -0.15) is 0 Å². The summed E-state index contributed by atoms with van der Waals surface area (Å²) in [4.78, 5) is 14.1. The van der Waals surface area contributed by atoms with Crippen LogP contribution in [0.4, 0.5) is 0 Å². The van der Waals surface area contributed by atoms with E-state index in [0.29, 0.717) is 18.5 Å². The molecule has 2 atom stereocenters. The molecule has 2 aliphatic heterocycles. The molecule has 4 heteroatoms. The molecule has 0 saturated carbocycles. The lowest BCUT2D eigenvalue weighted by Crippen LogP contribution is -2.38. The second kappa shape index (κ2) is 6.36. The van der Waals surface area contributed by atoms with Gasteiger partial charge in [-0.05, 0) is 52.2 Å². The number of nitrogens with one attached hydrogen (secondary N) is 2. The number of likely N-dealkylation sites (tertiary alicyclic amines) is 1. The molecule has 1 amide bonds. The molecule has 2 fully saturated rings. The Labute approximate surface area is 104 Å². The molecule has 4 nitrogen and oxygen atoms in total. The summed E-state index contributed by atoms with van der Waals surface area (Å²) in [6.07, 6.45) is 6.65. The predicted molar refractivity (Wildman–Crippen MR) is 68.9 cm³/mol. The van der Waals surface area contributed by atoms with Crippen LogP contribution >= 0.6 is 0 Å². The van der Waals surface area contributed by atoms with Crippen molar-refractivity contribution in [2.75, 3.05) is 26.7 Å². The van der Waals surface area contributed by atoms with Crippen LogP contribution in [0.5, 0.6) is 0 Å². The van der Waals surface area contributed by atoms with Crippen LogP contribution in [0.1, 0.15) is 38.5 Å². The first kappa shape index (κ1) is 12.8. The van der Waals surface area contributed by atoms with Crippen LogP contribution in [-0.4, -0.2) is 49.6 Å². The molecule has 2 saturated heterocycles. The molecule has 2 rings (SSSR count). The van der Waals surface area contributed by atoms with E-state index in [9.17, 15) is 4.79 Å². The third kappa shape index (κ3) is 3.96. The lowest BCUT2D eigenvalue weighted by molar-refractivity contribution is -0.121. The fourth-order valence-electron chi connectivity index (χ4n) is 2.87. The minimum absolute atomic E-state index is 0.221. The van der Waals surface area contributed by atoms with E-state index in [1.807, 2.05) is 0 Å². The van der Waals surface area contributed by atoms with Crippen molar-refractivity contribution in [3.05, 3.63) is 0 Å². The minimum atomic E-state index is 0.221. The highest BCUT2D eigenvalue weighted by Crippen LogP contribution is 2.14. The van der Waals surface area contributed by atoms with Crippen LogP contribution in [-0.2, 0) is 4.79 Å². The summed E-state index contributed by atoms with van der Waals surface area (Å²) < 4.78 is 0. The van der Waals surface area contributed by atoms with Crippen LogP contribution in [0, 0.1) is 0 Å². The first-order chi connectivity index (χ1) is 8.25. The van der Waals surface area contributed by atoms with Gasteiger partial charge in [-0.1, -0.05) is 0 Å². The Morgan fingerprint density at radius 2 is 2.29 bits per heavy atom. The molecular weight excluding hydrogens is 214 g/mol. The van der Waals surface area contributed by atoms with Crippen molar-refractivity contribution >= 4 is 5.91 Å². The Morgan fingerprint density at radius 1 is 1.41 bits per heavy atom. The fraction of sp³-hybridized carbons (Fsp3) is 0.923. The molecule has 0 aromatic rings. The molecule has 2 aliphatic rings. The van der Waals surface area contributed by atoms with E-state index < -0.39 is 0 Å². The summed E-state index contributed by atoms with van der Waals surface area (Å²) in [5.41, 5.74) is 0. The first-order valence-corrected chi connectivity index (χ1v) is 6.96. The van der Waals surface area contributed by atoms with E-state index >= 15 is 0 Å². The van der Waals surface area contributed by atoms with Crippen molar-refractivity contribution in [1.82, 2.24) is 15.5 Å². The van der Waals surface area contributed by atoms with Crippen molar-refractivity contribution in [2.45, 2.75) is 50.6 Å². The Balaban J connectivity index is 1.57. The third-order valence-electron chi connectivity index (χ3n) is 4.09. The number of nitrogens with zero attached hydrogens (tertiary/aromatic N) is 1. The molecule has 0 bridgehead atoms. The van der Waals surface area contributed by atoms with Crippen molar-refractivity contribution in [3.63, 3.8) is 0 Å². The molecule has 0 radical (unpaired) electrons. The highest BCUT2D eigenvalue weighted by Gasteiger charge is 2.21. The molecule has 0 aromatic heterocycles. The van der Waals surface area contributed by atoms with Crippen LogP contribution in [0.3, 0.4) is 0 Å². The van der Waals surface area contributed by atoms with Gasteiger partial charge < -0.3 is 15.5 Å². The molecule has 98 valence electrons. The summed E-state index contributed by atoms with van der Waals surface area (Å²) in [6.45, 7) is 3.12. The lowest BCUT2D eigenvalue weighted by atomic mass is 10.1. The summed E-state index contributed by atoms with van der Waals surface area (Å²) in [5.74, 6) is 0.221. The summed E-state index contributed by atoms with van der Waals surface area (Å²) in [6, 6.07) is 1.14. The van der Waals surface area contributed by atoms with E-state index in [0.717, 1.165) is 19.5 Å². The second-order valence-corrected chi connectivity index (χ2v) is 5.41. The zero-order valence-electron chi connectivity index (χ0n) is 10.9. The van der Waals surface area contributed by atoms with E-state index in [-0.39, 0.29) is 5.91 Å². The topological polar surface area (TPSA) is 44.4 Å². The third-order valence-corrected chi connectivity index (χ3v) is 4.09. The smallest absolute Gasteiger partial charge is 0.220 e. The van der Waals surface area contributed by atoms with Gasteiger partial charge in [0, 0.05) is 25.0 Å². The molecule has 2 unspecified atom stereocenters.